The van der Waals surface area contributed by atoms with Gasteiger partial charge in [0.15, 0.2) is 0 Å². The first-order valence-corrected chi connectivity index (χ1v) is 7.53. The molecule has 1 aromatic rings. The Kier molecular flexibility index (Phi) is 3.88. The summed E-state index contributed by atoms with van der Waals surface area (Å²) < 4.78 is 0. The minimum Gasteiger partial charge on any atom is -0.370 e. The van der Waals surface area contributed by atoms with Gasteiger partial charge in [-0.15, -0.1) is 0 Å². The van der Waals surface area contributed by atoms with E-state index in [4.69, 9.17) is 0 Å². The second-order valence-electron chi connectivity index (χ2n) is 5.69. The number of benzene rings is 1. The van der Waals surface area contributed by atoms with Gasteiger partial charge in [-0.2, -0.15) is 0 Å². The zero-order valence-electron chi connectivity index (χ0n) is 12.3. The Morgan fingerprint density at radius 1 is 1.35 bits per heavy atom. The summed E-state index contributed by atoms with van der Waals surface area (Å²) in [5.41, 5.74) is 4.05. The molecule has 0 amide bonds. The lowest BCUT2D eigenvalue weighted by atomic mass is 9.96. The monoisotopic (exact) mass is 269 g/mol. The van der Waals surface area contributed by atoms with Crippen LogP contribution in [0.3, 0.4) is 0 Å². The highest BCUT2D eigenvalue weighted by Crippen LogP contribution is 2.24. The van der Waals surface area contributed by atoms with Crippen LogP contribution in [0.25, 0.3) is 0 Å². The summed E-state index contributed by atoms with van der Waals surface area (Å²) in [5, 5.41) is 7.20. The number of hydrogen-bond donors (Lipinski definition) is 2. The Morgan fingerprint density at radius 3 is 2.95 bits per heavy atom. The van der Waals surface area contributed by atoms with Crippen molar-refractivity contribution in [1.82, 2.24) is 10.6 Å². The molecule has 0 aromatic heterocycles. The summed E-state index contributed by atoms with van der Waals surface area (Å²) in [4.78, 5) is 4.64. The summed E-state index contributed by atoms with van der Waals surface area (Å²) in [6.45, 7) is 6.23. The van der Waals surface area contributed by atoms with Gasteiger partial charge in [-0.1, -0.05) is 30.4 Å². The van der Waals surface area contributed by atoms with Crippen molar-refractivity contribution < 1.29 is 0 Å². The van der Waals surface area contributed by atoms with Crippen LogP contribution < -0.4 is 10.6 Å². The predicted molar refractivity (Wildman–Crippen MR) is 84.3 cm³/mol. The van der Waals surface area contributed by atoms with Crippen molar-refractivity contribution in [3.05, 3.63) is 47.0 Å². The maximum atomic E-state index is 4.64. The molecule has 3 heteroatoms. The van der Waals surface area contributed by atoms with E-state index in [-0.39, 0.29) is 6.04 Å². The van der Waals surface area contributed by atoms with Crippen LogP contribution >= 0.6 is 0 Å². The second kappa shape index (κ2) is 5.80. The van der Waals surface area contributed by atoms with Gasteiger partial charge in [0.05, 0.1) is 12.6 Å². The number of nitrogens with zero attached hydrogens (tertiary/aromatic N) is 1. The van der Waals surface area contributed by atoms with Crippen molar-refractivity contribution in [3.8, 4) is 0 Å². The van der Waals surface area contributed by atoms with Gasteiger partial charge in [0, 0.05) is 12.6 Å². The number of aliphatic imine (C=N–C) groups is 1. The standard InChI is InChI=1S/C17H23N3/c1-12-6-5-9-15(13(12)2)16(17-18-10-11-19-17)20-14-7-3-4-8-14/h3,5-7,9,14,16,20H,4,8,10-11H2,1-2H3,(H,18,19). The smallest absolute Gasteiger partial charge is 0.118 e. The molecule has 20 heavy (non-hydrogen) atoms. The van der Waals surface area contributed by atoms with Gasteiger partial charge >= 0.3 is 0 Å². The Labute approximate surface area is 121 Å². The molecule has 1 aliphatic carbocycles. The highest BCUT2D eigenvalue weighted by atomic mass is 15.1. The fraction of sp³-hybridized carbons (Fsp3) is 0.471. The number of hydrogen-bond acceptors (Lipinski definition) is 3. The molecule has 0 fully saturated rings. The van der Waals surface area contributed by atoms with E-state index in [0.717, 1.165) is 18.9 Å². The zero-order valence-corrected chi connectivity index (χ0v) is 12.3. The Balaban J connectivity index is 1.91. The van der Waals surface area contributed by atoms with Crippen LogP contribution in [-0.2, 0) is 0 Å². The molecular weight excluding hydrogens is 246 g/mol. The average Bonchev–Trinajstić information content (AvgIpc) is 3.11. The second-order valence-corrected chi connectivity index (χ2v) is 5.69. The summed E-state index contributed by atoms with van der Waals surface area (Å²) in [5.74, 6) is 1.10. The van der Waals surface area contributed by atoms with Crippen LogP contribution in [0.5, 0.6) is 0 Å². The van der Waals surface area contributed by atoms with E-state index in [1.165, 1.54) is 29.5 Å². The lowest BCUT2D eigenvalue weighted by molar-refractivity contribution is 0.546. The summed E-state index contributed by atoms with van der Waals surface area (Å²) >= 11 is 0. The van der Waals surface area contributed by atoms with Crippen LogP contribution in [0.15, 0.2) is 35.3 Å². The third-order valence-electron chi connectivity index (χ3n) is 4.32. The highest BCUT2D eigenvalue weighted by Gasteiger charge is 2.25. The van der Waals surface area contributed by atoms with Crippen LogP contribution in [0.2, 0.25) is 0 Å². The van der Waals surface area contributed by atoms with Gasteiger partial charge in [0.25, 0.3) is 0 Å². The minimum absolute atomic E-state index is 0.185. The number of rotatable bonds is 4. The molecule has 1 aromatic carbocycles. The summed E-state index contributed by atoms with van der Waals surface area (Å²) in [6.07, 6.45) is 6.92. The normalized spacial score (nSPS) is 22.7. The van der Waals surface area contributed by atoms with Crippen molar-refractivity contribution in [2.24, 2.45) is 4.99 Å². The molecule has 2 unspecified atom stereocenters. The fourth-order valence-electron chi connectivity index (χ4n) is 3.00. The molecule has 106 valence electrons. The van der Waals surface area contributed by atoms with Gasteiger partial charge in [-0.3, -0.25) is 10.3 Å². The first kappa shape index (κ1) is 13.4. The summed E-state index contributed by atoms with van der Waals surface area (Å²) in [6, 6.07) is 7.19. The maximum Gasteiger partial charge on any atom is 0.118 e. The maximum absolute atomic E-state index is 4.64. The largest absolute Gasteiger partial charge is 0.370 e. The van der Waals surface area contributed by atoms with Crippen LogP contribution in [0, 0.1) is 13.8 Å². The molecular formula is C17H23N3. The average molecular weight is 269 g/mol. The van der Waals surface area contributed by atoms with Crippen molar-refractivity contribution >= 4 is 5.84 Å². The molecule has 0 spiro atoms. The van der Waals surface area contributed by atoms with Gasteiger partial charge in [0.2, 0.25) is 0 Å². The van der Waals surface area contributed by atoms with E-state index < -0.39 is 0 Å². The van der Waals surface area contributed by atoms with E-state index >= 15 is 0 Å². The molecule has 3 rings (SSSR count). The molecule has 3 nitrogen and oxygen atoms in total. The van der Waals surface area contributed by atoms with Gasteiger partial charge in [-0.25, -0.2) is 0 Å². The lowest BCUT2D eigenvalue weighted by Crippen LogP contribution is -2.40. The fourth-order valence-corrected chi connectivity index (χ4v) is 3.00. The van der Waals surface area contributed by atoms with Crippen molar-refractivity contribution in [2.75, 3.05) is 13.1 Å². The number of nitrogens with one attached hydrogen (secondary N) is 2. The van der Waals surface area contributed by atoms with E-state index in [2.05, 4.69) is 59.8 Å². The third-order valence-corrected chi connectivity index (χ3v) is 4.32. The Hall–Kier alpha value is -1.61. The molecule has 2 aliphatic rings. The molecule has 0 saturated heterocycles. The quantitative estimate of drug-likeness (QED) is 0.824. The predicted octanol–water partition coefficient (Wildman–Crippen LogP) is 2.65. The first-order chi connectivity index (χ1) is 9.75. The van der Waals surface area contributed by atoms with Crippen molar-refractivity contribution in [3.63, 3.8) is 0 Å². The molecule has 0 radical (unpaired) electrons. The van der Waals surface area contributed by atoms with Gasteiger partial charge in [0.1, 0.15) is 5.84 Å². The minimum atomic E-state index is 0.185. The first-order valence-electron chi connectivity index (χ1n) is 7.53. The lowest BCUT2D eigenvalue weighted by Gasteiger charge is -2.25. The molecule has 0 bridgehead atoms. The number of allylic oxidation sites excluding steroid dienone is 1. The zero-order chi connectivity index (χ0) is 13.9. The SMILES string of the molecule is Cc1cccc(C(NC2C=CCC2)C2=NCCN2)c1C. The van der Waals surface area contributed by atoms with E-state index in [9.17, 15) is 0 Å². The Morgan fingerprint density at radius 2 is 2.25 bits per heavy atom. The Bertz CT molecular complexity index is 545. The van der Waals surface area contributed by atoms with Gasteiger partial charge < -0.3 is 5.32 Å². The van der Waals surface area contributed by atoms with Crippen LogP contribution in [0.1, 0.15) is 35.6 Å². The third kappa shape index (κ3) is 2.63. The van der Waals surface area contributed by atoms with Crippen molar-refractivity contribution in [1.29, 1.82) is 0 Å². The molecule has 1 heterocycles. The van der Waals surface area contributed by atoms with E-state index in [0.29, 0.717) is 6.04 Å². The molecule has 2 N–H and O–H groups in total. The summed E-state index contributed by atoms with van der Waals surface area (Å²) in [7, 11) is 0. The van der Waals surface area contributed by atoms with Crippen LogP contribution in [0.4, 0.5) is 0 Å². The molecule has 1 aliphatic heterocycles. The number of aryl methyl sites for hydroxylation is 1. The molecule has 2 atom stereocenters. The van der Waals surface area contributed by atoms with Crippen molar-refractivity contribution in [2.45, 2.75) is 38.8 Å². The molecule has 0 saturated carbocycles. The number of amidine groups is 1. The highest BCUT2D eigenvalue weighted by molar-refractivity contribution is 5.90. The van der Waals surface area contributed by atoms with Crippen LogP contribution in [-0.4, -0.2) is 25.0 Å². The topological polar surface area (TPSA) is 36.4 Å². The van der Waals surface area contributed by atoms with E-state index in [1.807, 2.05) is 0 Å². The van der Waals surface area contributed by atoms with E-state index in [1.54, 1.807) is 0 Å². The van der Waals surface area contributed by atoms with Gasteiger partial charge in [-0.05, 0) is 43.4 Å².